The van der Waals surface area contributed by atoms with Crippen LogP contribution in [-0.2, 0) is 6.54 Å². The molecule has 3 aromatic rings. The summed E-state index contributed by atoms with van der Waals surface area (Å²) in [5.74, 6) is 0.619. The van der Waals surface area contributed by atoms with Gasteiger partial charge < -0.3 is 5.32 Å². The maximum Gasteiger partial charge on any atom is 0.172 e. The number of rotatable bonds is 3. The minimum atomic E-state index is 0.400. The van der Waals surface area contributed by atoms with E-state index in [4.69, 9.17) is 11.6 Å². The predicted octanol–water partition coefficient (Wildman–Crippen LogP) is 4.20. The lowest BCUT2D eigenvalue weighted by atomic mass is 10.1. The molecular weight excluding hydrogens is 270 g/mol. The van der Waals surface area contributed by atoms with E-state index in [1.165, 1.54) is 11.1 Å². The highest BCUT2D eigenvalue weighted by molar-refractivity contribution is 6.32. The van der Waals surface area contributed by atoms with Gasteiger partial charge in [0.2, 0.25) is 0 Å². The van der Waals surface area contributed by atoms with Gasteiger partial charge in [0.05, 0.1) is 11.0 Å². The lowest BCUT2D eigenvalue weighted by molar-refractivity contribution is 1.09. The third-order valence-corrected chi connectivity index (χ3v) is 3.50. The molecule has 0 aliphatic carbocycles. The molecule has 0 aliphatic rings. The van der Waals surface area contributed by atoms with E-state index in [0.717, 1.165) is 11.0 Å². The largest absolute Gasteiger partial charge is 0.363 e. The summed E-state index contributed by atoms with van der Waals surface area (Å²) in [5.41, 5.74) is 4.10. The van der Waals surface area contributed by atoms with E-state index >= 15 is 0 Å². The Balaban J connectivity index is 1.87. The van der Waals surface area contributed by atoms with Gasteiger partial charge in [-0.15, -0.1) is 0 Å². The van der Waals surface area contributed by atoms with Crippen LogP contribution >= 0.6 is 11.6 Å². The number of nitrogens with one attached hydrogen (secondary N) is 1. The number of aryl methyl sites for hydroxylation is 1. The Kier molecular flexibility index (Phi) is 3.52. The molecule has 4 heteroatoms. The molecule has 0 unspecified atom stereocenters. The Morgan fingerprint density at radius 3 is 2.35 bits per heavy atom. The molecule has 2 aromatic carbocycles. The van der Waals surface area contributed by atoms with Gasteiger partial charge in [-0.25, -0.2) is 9.97 Å². The minimum absolute atomic E-state index is 0.400. The van der Waals surface area contributed by atoms with E-state index in [0.29, 0.717) is 17.5 Å². The monoisotopic (exact) mass is 283 g/mol. The van der Waals surface area contributed by atoms with E-state index < -0.39 is 0 Å². The van der Waals surface area contributed by atoms with Gasteiger partial charge >= 0.3 is 0 Å². The highest BCUT2D eigenvalue weighted by atomic mass is 35.5. The number of halogens is 1. The maximum absolute atomic E-state index is 6.17. The van der Waals surface area contributed by atoms with Crippen molar-refractivity contribution in [1.29, 1.82) is 0 Å². The Labute approximate surface area is 122 Å². The third kappa shape index (κ3) is 2.58. The fourth-order valence-corrected chi connectivity index (χ4v) is 2.28. The number of nitrogens with zero attached hydrogens (tertiary/aromatic N) is 2. The smallest absolute Gasteiger partial charge is 0.172 e. The quantitative estimate of drug-likeness (QED) is 0.783. The summed E-state index contributed by atoms with van der Waals surface area (Å²) in [6.45, 7) is 2.77. The summed E-state index contributed by atoms with van der Waals surface area (Å²) in [6.07, 6.45) is 0. The molecule has 0 spiro atoms. The van der Waals surface area contributed by atoms with Crippen molar-refractivity contribution in [2.45, 2.75) is 13.5 Å². The molecule has 0 amide bonds. The highest BCUT2D eigenvalue weighted by Crippen LogP contribution is 2.21. The summed E-state index contributed by atoms with van der Waals surface area (Å²) in [5, 5.41) is 3.66. The van der Waals surface area contributed by atoms with Crippen LogP contribution in [0.3, 0.4) is 0 Å². The summed E-state index contributed by atoms with van der Waals surface area (Å²) in [7, 11) is 0. The van der Waals surface area contributed by atoms with E-state index in [9.17, 15) is 0 Å². The summed E-state index contributed by atoms with van der Waals surface area (Å²) >= 11 is 6.17. The van der Waals surface area contributed by atoms with Gasteiger partial charge in [0.25, 0.3) is 0 Å². The van der Waals surface area contributed by atoms with E-state index in [1.54, 1.807) is 0 Å². The number of fused-ring (bicyclic) bond motifs is 1. The Morgan fingerprint density at radius 1 is 0.950 bits per heavy atom. The van der Waals surface area contributed by atoms with Crippen LogP contribution < -0.4 is 5.32 Å². The van der Waals surface area contributed by atoms with Crippen molar-refractivity contribution in [3.63, 3.8) is 0 Å². The van der Waals surface area contributed by atoms with Crippen LogP contribution in [0.25, 0.3) is 11.0 Å². The Hall–Kier alpha value is -2.13. The molecule has 3 rings (SSSR count). The zero-order valence-electron chi connectivity index (χ0n) is 11.1. The predicted molar refractivity (Wildman–Crippen MR) is 83.1 cm³/mol. The van der Waals surface area contributed by atoms with Gasteiger partial charge in [-0.3, -0.25) is 0 Å². The molecule has 0 saturated heterocycles. The first-order valence-electron chi connectivity index (χ1n) is 6.45. The van der Waals surface area contributed by atoms with Crippen molar-refractivity contribution in [2.75, 3.05) is 5.32 Å². The summed E-state index contributed by atoms with van der Waals surface area (Å²) in [4.78, 5) is 8.86. The number of aromatic nitrogens is 2. The van der Waals surface area contributed by atoms with Crippen LogP contribution in [0, 0.1) is 6.92 Å². The number of hydrogen-bond acceptors (Lipinski definition) is 3. The number of benzene rings is 2. The lowest BCUT2D eigenvalue weighted by Gasteiger charge is -2.10. The fourth-order valence-electron chi connectivity index (χ4n) is 2.08. The van der Waals surface area contributed by atoms with Gasteiger partial charge in [0, 0.05) is 6.54 Å². The van der Waals surface area contributed by atoms with E-state index in [1.807, 2.05) is 36.4 Å². The molecule has 0 radical (unpaired) electrons. The molecule has 1 N–H and O–H groups in total. The second-order valence-electron chi connectivity index (χ2n) is 4.63. The first-order valence-corrected chi connectivity index (χ1v) is 6.82. The summed E-state index contributed by atoms with van der Waals surface area (Å²) in [6, 6.07) is 15.9. The van der Waals surface area contributed by atoms with Crippen molar-refractivity contribution in [2.24, 2.45) is 0 Å². The van der Waals surface area contributed by atoms with Crippen LogP contribution in [0.2, 0.25) is 5.15 Å². The van der Waals surface area contributed by atoms with Crippen LogP contribution in [-0.4, -0.2) is 9.97 Å². The first-order chi connectivity index (χ1) is 9.74. The van der Waals surface area contributed by atoms with Crippen LogP contribution in [0.15, 0.2) is 48.5 Å². The molecule has 100 valence electrons. The normalized spacial score (nSPS) is 10.7. The molecule has 3 nitrogen and oxygen atoms in total. The van der Waals surface area contributed by atoms with Crippen LogP contribution in [0.1, 0.15) is 11.1 Å². The van der Waals surface area contributed by atoms with Crippen LogP contribution in [0.4, 0.5) is 5.82 Å². The Morgan fingerprint density at radius 2 is 1.60 bits per heavy atom. The van der Waals surface area contributed by atoms with Crippen LogP contribution in [0.5, 0.6) is 0 Å². The lowest BCUT2D eigenvalue weighted by Crippen LogP contribution is -2.04. The van der Waals surface area contributed by atoms with Gasteiger partial charge in [-0.2, -0.15) is 0 Å². The fraction of sp³-hybridized carbons (Fsp3) is 0.125. The zero-order chi connectivity index (χ0) is 13.9. The van der Waals surface area contributed by atoms with E-state index in [2.05, 4.69) is 34.3 Å². The number of hydrogen-bond donors (Lipinski definition) is 1. The van der Waals surface area contributed by atoms with Crippen molar-refractivity contribution in [3.8, 4) is 0 Å². The molecular formula is C16H14ClN3. The van der Waals surface area contributed by atoms with E-state index in [-0.39, 0.29) is 0 Å². The third-order valence-electron chi connectivity index (χ3n) is 3.24. The topological polar surface area (TPSA) is 37.8 Å². The second-order valence-corrected chi connectivity index (χ2v) is 4.99. The standard InChI is InChI=1S/C16H14ClN3/c1-11-6-2-3-7-12(11)10-18-16-15(17)19-13-8-4-5-9-14(13)20-16/h2-9H,10H2,1H3,(H,18,20). The molecule has 1 heterocycles. The number of anilines is 1. The molecule has 20 heavy (non-hydrogen) atoms. The van der Waals surface area contributed by atoms with Gasteiger partial charge in [0.1, 0.15) is 0 Å². The molecule has 0 bridgehead atoms. The number of para-hydroxylation sites is 2. The van der Waals surface area contributed by atoms with Crippen molar-refractivity contribution < 1.29 is 0 Å². The molecule has 0 saturated carbocycles. The van der Waals surface area contributed by atoms with Crippen molar-refractivity contribution in [3.05, 3.63) is 64.8 Å². The minimum Gasteiger partial charge on any atom is -0.363 e. The molecule has 0 fully saturated rings. The van der Waals surface area contributed by atoms with Crippen molar-refractivity contribution >= 4 is 28.5 Å². The van der Waals surface area contributed by atoms with Gasteiger partial charge in [-0.05, 0) is 30.2 Å². The van der Waals surface area contributed by atoms with Gasteiger partial charge in [-0.1, -0.05) is 48.0 Å². The molecule has 0 atom stereocenters. The highest BCUT2D eigenvalue weighted by Gasteiger charge is 2.06. The average Bonchev–Trinajstić information content (AvgIpc) is 2.46. The second kappa shape index (κ2) is 5.47. The molecule has 0 aliphatic heterocycles. The average molecular weight is 284 g/mol. The van der Waals surface area contributed by atoms with Crippen molar-refractivity contribution in [1.82, 2.24) is 9.97 Å². The Bertz CT molecular complexity index is 756. The SMILES string of the molecule is Cc1ccccc1CNc1nc2ccccc2nc1Cl. The summed E-state index contributed by atoms with van der Waals surface area (Å²) < 4.78 is 0. The maximum atomic E-state index is 6.17. The zero-order valence-corrected chi connectivity index (χ0v) is 11.9. The molecule has 1 aromatic heterocycles. The first kappa shape index (κ1) is 12.9. The van der Waals surface area contributed by atoms with Gasteiger partial charge in [0.15, 0.2) is 11.0 Å².